The SMILES string of the molecule is CCn1c(SCC(=O)NC(C)(C#N)C(C)C)nnc1-c1ccncc1. The van der Waals surface area contributed by atoms with E-state index >= 15 is 0 Å². The quantitative estimate of drug-likeness (QED) is 0.764. The van der Waals surface area contributed by atoms with Gasteiger partial charge in [0.25, 0.3) is 0 Å². The maximum absolute atomic E-state index is 12.2. The fourth-order valence-electron chi connectivity index (χ4n) is 2.15. The summed E-state index contributed by atoms with van der Waals surface area (Å²) in [4.78, 5) is 16.2. The Balaban J connectivity index is 2.08. The Morgan fingerprint density at radius 3 is 2.64 bits per heavy atom. The normalized spacial score (nSPS) is 13.3. The fraction of sp³-hybridized carbons (Fsp3) is 0.471. The molecule has 1 N–H and O–H groups in total. The van der Waals surface area contributed by atoms with Gasteiger partial charge in [-0.1, -0.05) is 25.6 Å². The summed E-state index contributed by atoms with van der Waals surface area (Å²) < 4.78 is 1.96. The molecule has 0 spiro atoms. The third kappa shape index (κ3) is 4.37. The molecule has 25 heavy (non-hydrogen) atoms. The maximum atomic E-state index is 12.2. The van der Waals surface area contributed by atoms with Crippen molar-refractivity contribution < 1.29 is 4.79 Å². The summed E-state index contributed by atoms with van der Waals surface area (Å²) in [6.45, 7) is 8.24. The molecule has 8 heteroatoms. The molecule has 0 aliphatic rings. The Bertz CT molecular complexity index is 767. The van der Waals surface area contributed by atoms with Crippen LogP contribution >= 0.6 is 11.8 Å². The van der Waals surface area contributed by atoms with Gasteiger partial charge >= 0.3 is 0 Å². The molecule has 0 aliphatic carbocycles. The highest BCUT2D eigenvalue weighted by Crippen LogP contribution is 2.24. The number of nitriles is 1. The van der Waals surface area contributed by atoms with Gasteiger partial charge in [-0.15, -0.1) is 10.2 Å². The average Bonchev–Trinajstić information content (AvgIpc) is 3.03. The Morgan fingerprint density at radius 2 is 2.08 bits per heavy atom. The van der Waals surface area contributed by atoms with Crippen LogP contribution in [0.4, 0.5) is 0 Å². The monoisotopic (exact) mass is 358 g/mol. The van der Waals surface area contributed by atoms with E-state index in [-0.39, 0.29) is 17.6 Å². The lowest BCUT2D eigenvalue weighted by Crippen LogP contribution is -2.49. The van der Waals surface area contributed by atoms with Crippen LogP contribution in [0.5, 0.6) is 0 Å². The van der Waals surface area contributed by atoms with Crippen LogP contribution < -0.4 is 5.32 Å². The van der Waals surface area contributed by atoms with Crippen LogP contribution in [0.25, 0.3) is 11.4 Å². The van der Waals surface area contributed by atoms with Crippen molar-refractivity contribution in [3.05, 3.63) is 24.5 Å². The summed E-state index contributed by atoms with van der Waals surface area (Å²) >= 11 is 1.31. The summed E-state index contributed by atoms with van der Waals surface area (Å²) in [7, 11) is 0. The number of carbonyl (C=O) groups is 1. The van der Waals surface area contributed by atoms with Crippen molar-refractivity contribution >= 4 is 17.7 Å². The van der Waals surface area contributed by atoms with Crippen LogP contribution in [-0.4, -0.2) is 36.9 Å². The molecule has 1 atom stereocenters. The van der Waals surface area contributed by atoms with Crippen molar-refractivity contribution in [3.63, 3.8) is 0 Å². The zero-order valence-electron chi connectivity index (χ0n) is 14.9. The molecule has 0 bridgehead atoms. The molecular formula is C17H22N6OS. The van der Waals surface area contributed by atoms with Crippen molar-refractivity contribution in [2.24, 2.45) is 5.92 Å². The van der Waals surface area contributed by atoms with Gasteiger partial charge < -0.3 is 9.88 Å². The summed E-state index contributed by atoms with van der Waals surface area (Å²) in [5, 5.41) is 21.2. The number of aromatic nitrogens is 4. The van der Waals surface area contributed by atoms with E-state index < -0.39 is 5.54 Å². The number of hydrogen-bond donors (Lipinski definition) is 1. The largest absolute Gasteiger partial charge is 0.337 e. The van der Waals surface area contributed by atoms with Crippen LogP contribution in [0.15, 0.2) is 29.7 Å². The highest BCUT2D eigenvalue weighted by molar-refractivity contribution is 7.99. The standard InChI is InChI=1S/C17H22N6OS/c1-5-23-15(13-6-8-19-9-7-13)21-22-16(23)25-10-14(24)20-17(4,11-18)12(2)3/h6-9,12H,5,10H2,1-4H3,(H,20,24). The molecule has 1 unspecified atom stereocenters. The minimum Gasteiger partial charge on any atom is -0.337 e. The lowest BCUT2D eigenvalue weighted by atomic mass is 9.90. The summed E-state index contributed by atoms with van der Waals surface area (Å²) in [6, 6.07) is 5.92. The van der Waals surface area contributed by atoms with E-state index in [1.165, 1.54) is 11.8 Å². The molecule has 0 radical (unpaired) electrons. The average molecular weight is 358 g/mol. The Hall–Kier alpha value is -2.40. The smallest absolute Gasteiger partial charge is 0.231 e. The Labute approximate surface area is 151 Å². The van der Waals surface area contributed by atoms with Gasteiger partial charge in [0.15, 0.2) is 11.0 Å². The number of nitrogens with one attached hydrogen (secondary N) is 1. The first kappa shape index (κ1) is 18.9. The summed E-state index contributed by atoms with van der Waals surface area (Å²) in [5.74, 6) is 0.748. The molecule has 2 aromatic heterocycles. The van der Waals surface area contributed by atoms with E-state index in [4.69, 9.17) is 0 Å². The number of amides is 1. The molecule has 0 fully saturated rings. The molecular weight excluding hydrogens is 336 g/mol. The van der Waals surface area contributed by atoms with Gasteiger partial charge in [0.1, 0.15) is 5.54 Å². The van der Waals surface area contributed by atoms with Crippen LogP contribution in [0, 0.1) is 17.2 Å². The van der Waals surface area contributed by atoms with Gasteiger partial charge in [-0.3, -0.25) is 9.78 Å². The summed E-state index contributed by atoms with van der Waals surface area (Å²) in [6.07, 6.45) is 3.41. The van der Waals surface area contributed by atoms with Gasteiger partial charge in [-0.2, -0.15) is 5.26 Å². The second kappa shape index (κ2) is 8.12. The third-order valence-corrected chi connectivity index (χ3v) is 5.06. The minimum absolute atomic E-state index is 0.0176. The van der Waals surface area contributed by atoms with Gasteiger partial charge in [0.05, 0.1) is 11.8 Å². The fourth-order valence-corrected chi connectivity index (χ4v) is 2.95. The first-order valence-corrected chi connectivity index (χ1v) is 9.08. The van der Waals surface area contributed by atoms with E-state index in [1.54, 1.807) is 19.3 Å². The topological polar surface area (TPSA) is 96.5 Å². The second-order valence-electron chi connectivity index (χ2n) is 6.09. The number of hydrogen-bond acceptors (Lipinski definition) is 6. The third-order valence-electron chi connectivity index (χ3n) is 4.09. The molecule has 7 nitrogen and oxygen atoms in total. The zero-order chi connectivity index (χ0) is 18.4. The van der Waals surface area contributed by atoms with Gasteiger partial charge in [-0.25, -0.2) is 0 Å². The van der Waals surface area contributed by atoms with Gasteiger partial charge in [-0.05, 0) is 31.9 Å². The molecule has 132 valence electrons. The predicted octanol–water partition coefficient (Wildman–Crippen LogP) is 2.51. The van der Waals surface area contributed by atoms with E-state index in [2.05, 4.69) is 26.6 Å². The predicted molar refractivity (Wildman–Crippen MR) is 96.6 cm³/mol. The molecule has 0 saturated heterocycles. The van der Waals surface area contributed by atoms with Crippen molar-refractivity contribution in [1.29, 1.82) is 5.26 Å². The highest BCUT2D eigenvalue weighted by atomic mass is 32.2. The lowest BCUT2D eigenvalue weighted by molar-refractivity contribution is -0.120. The number of pyridine rings is 1. The number of nitrogens with zero attached hydrogens (tertiary/aromatic N) is 5. The van der Waals surface area contributed by atoms with E-state index in [1.807, 2.05) is 37.5 Å². The van der Waals surface area contributed by atoms with Crippen LogP contribution in [-0.2, 0) is 11.3 Å². The molecule has 2 aromatic rings. The molecule has 0 aliphatic heterocycles. The molecule has 2 heterocycles. The van der Waals surface area contributed by atoms with Crippen molar-refractivity contribution in [3.8, 4) is 17.5 Å². The van der Waals surface area contributed by atoms with Gasteiger partial charge in [0.2, 0.25) is 5.91 Å². The maximum Gasteiger partial charge on any atom is 0.231 e. The van der Waals surface area contributed by atoms with Crippen molar-refractivity contribution in [1.82, 2.24) is 25.1 Å². The Kier molecular flexibility index (Phi) is 6.15. The number of carbonyl (C=O) groups excluding carboxylic acids is 1. The van der Waals surface area contributed by atoms with E-state index in [9.17, 15) is 10.1 Å². The first-order valence-electron chi connectivity index (χ1n) is 8.10. The molecule has 0 aromatic carbocycles. The van der Waals surface area contributed by atoms with Gasteiger partial charge in [0, 0.05) is 24.5 Å². The number of thioether (sulfide) groups is 1. The second-order valence-corrected chi connectivity index (χ2v) is 7.03. The minimum atomic E-state index is -0.877. The first-order chi connectivity index (χ1) is 11.9. The number of rotatable bonds is 7. The van der Waals surface area contributed by atoms with E-state index in [0.29, 0.717) is 11.7 Å². The molecule has 2 rings (SSSR count). The Morgan fingerprint density at radius 1 is 1.40 bits per heavy atom. The molecule has 1 amide bonds. The van der Waals surface area contributed by atoms with Crippen LogP contribution in [0.3, 0.4) is 0 Å². The zero-order valence-corrected chi connectivity index (χ0v) is 15.7. The molecule has 0 saturated carbocycles. The lowest BCUT2D eigenvalue weighted by Gasteiger charge is -2.27. The van der Waals surface area contributed by atoms with Crippen molar-refractivity contribution in [2.75, 3.05) is 5.75 Å². The van der Waals surface area contributed by atoms with Crippen LogP contribution in [0.2, 0.25) is 0 Å². The highest BCUT2D eigenvalue weighted by Gasteiger charge is 2.30. The van der Waals surface area contributed by atoms with E-state index in [0.717, 1.165) is 11.4 Å². The van der Waals surface area contributed by atoms with Crippen LogP contribution in [0.1, 0.15) is 27.7 Å². The summed E-state index contributed by atoms with van der Waals surface area (Å²) in [5.41, 5.74) is 0.0515. The van der Waals surface area contributed by atoms with Crippen molar-refractivity contribution in [2.45, 2.75) is 44.9 Å².